The maximum atomic E-state index is 9.63. The molecule has 1 aliphatic heterocycles. The molecule has 1 fully saturated rings. The molecule has 0 aromatic rings. The van der Waals surface area contributed by atoms with Crippen LogP contribution in [0.3, 0.4) is 0 Å². The van der Waals surface area contributed by atoms with Crippen molar-refractivity contribution in [3.63, 3.8) is 0 Å². The molecule has 3 nitrogen and oxygen atoms in total. The molecule has 0 radical (unpaired) electrons. The highest BCUT2D eigenvalue weighted by atomic mass is 16.3. The van der Waals surface area contributed by atoms with Gasteiger partial charge in [-0.15, -0.1) is 0 Å². The molecule has 1 aliphatic rings. The van der Waals surface area contributed by atoms with Crippen LogP contribution in [-0.4, -0.2) is 35.2 Å². The van der Waals surface area contributed by atoms with Gasteiger partial charge in [0.1, 0.15) is 0 Å². The van der Waals surface area contributed by atoms with Crippen molar-refractivity contribution in [1.29, 1.82) is 5.26 Å². The van der Waals surface area contributed by atoms with E-state index in [4.69, 9.17) is 5.26 Å². The third-order valence-corrected chi connectivity index (χ3v) is 2.28. The van der Waals surface area contributed by atoms with Crippen molar-refractivity contribution >= 4 is 0 Å². The summed E-state index contributed by atoms with van der Waals surface area (Å²) in [5.74, 6) is 0.0684. The highest BCUT2D eigenvalue weighted by Gasteiger charge is 2.31. The van der Waals surface area contributed by atoms with Gasteiger partial charge < -0.3 is 5.11 Å². The molecule has 68 valence electrons. The van der Waals surface area contributed by atoms with Gasteiger partial charge in [0.2, 0.25) is 0 Å². The minimum absolute atomic E-state index is 0.0684. The van der Waals surface area contributed by atoms with E-state index in [1.165, 1.54) is 0 Å². The van der Waals surface area contributed by atoms with Crippen LogP contribution >= 0.6 is 0 Å². The molecule has 1 N–H and O–H groups in total. The van der Waals surface area contributed by atoms with Crippen LogP contribution < -0.4 is 0 Å². The van der Waals surface area contributed by atoms with E-state index in [0.717, 1.165) is 19.5 Å². The molecule has 2 unspecified atom stereocenters. The fourth-order valence-electron chi connectivity index (χ4n) is 1.62. The van der Waals surface area contributed by atoms with E-state index >= 15 is 0 Å². The Kier molecular flexibility index (Phi) is 2.71. The Hall–Kier alpha value is -0.590. The van der Waals surface area contributed by atoms with Crippen molar-refractivity contribution in [1.82, 2.24) is 4.90 Å². The summed E-state index contributed by atoms with van der Waals surface area (Å²) in [7, 11) is 0. The maximum absolute atomic E-state index is 9.63. The summed E-state index contributed by atoms with van der Waals surface area (Å²) < 4.78 is 0. The number of rotatable bonds is 2. The van der Waals surface area contributed by atoms with Crippen LogP contribution in [-0.2, 0) is 0 Å². The molecule has 2 atom stereocenters. The van der Waals surface area contributed by atoms with E-state index in [0.29, 0.717) is 6.54 Å². The molecule has 0 aromatic heterocycles. The maximum Gasteiger partial charge on any atom is 0.0758 e. The fraction of sp³-hybridized carbons (Fsp3) is 0.889. The first kappa shape index (κ1) is 9.50. The van der Waals surface area contributed by atoms with E-state index in [1.54, 1.807) is 0 Å². The van der Waals surface area contributed by atoms with E-state index in [-0.39, 0.29) is 5.92 Å². The highest BCUT2D eigenvalue weighted by molar-refractivity contribution is 4.89. The van der Waals surface area contributed by atoms with Gasteiger partial charge in [0.15, 0.2) is 0 Å². The van der Waals surface area contributed by atoms with E-state index in [1.807, 2.05) is 13.8 Å². The summed E-state index contributed by atoms with van der Waals surface area (Å²) in [6.45, 7) is 6.17. The topological polar surface area (TPSA) is 47.3 Å². The minimum atomic E-state index is -0.533. The molecular weight excluding hydrogens is 152 g/mol. The van der Waals surface area contributed by atoms with Crippen molar-refractivity contribution < 1.29 is 5.11 Å². The highest BCUT2D eigenvalue weighted by Crippen LogP contribution is 2.20. The second-order valence-corrected chi connectivity index (χ2v) is 4.01. The van der Waals surface area contributed by atoms with Crippen LogP contribution in [0.2, 0.25) is 0 Å². The van der Waals surface area contributed by atoms with Gasteiger partial charge in [-0.1, -0.05) is 0 Å². The zero-order valence-corrected chi connectivity index (χ0v) is 7.75. The van der Waals surface area contributed by atoms with Crippen molar-refractivity contribution in [3.05, 3.63) is 0 Å². The number of likely N-dealkylation sites (tertiary alicyclic amines) is 1. The van der Waals surface area contributed by atoms with Crippen LogP contribution in [0.5, 0.6) is 0 Å². The fourth-order valence-corrected chi connectivity index (χ4v) is 1.62. The van der Waals surface area contributed by atoms with Gasteiger partial charge in [-0.05, 0) is 20.3 Å². The van der Waals surface area contributed by atoms with Gasteiger partial charge in [-0.3, -0.25) is 4.90 Å². The summed E-state index contributed by atoms with van der Waals surface area (Å²) in [4.78, 5) is 2.15. The SMILES string of the molecule is CC(C#N)CN1CCC(C)(O)C1. The number of aliphatic hydroxyl groups is 1. The van der Waals surface area contributed by atoms with Gasteiger partial charge >= 0.3 is 0 Å². The van der Waals surface area contributed by atoms with Crippen LogP contribution in [0, 0.1) is 17.2 Å². The lowest BCUT2D eigenvalue weighted by Gasteiger charge is -2.19. The summed E-state index contributed by atoms with van der Waals surface area (Å²) in [6, 6.07) is 2.20. The molecule has 0 aliphatic carbocycles. The quantitative estimate of drug-likeness (QED) is 0.657. The Morgan fingerprint density at radius 1 is 1.75 bits per heavy atom. The Morgan fingerprint density at radius 3 is 2.83 bits per heavy atom. The molecule has 3 heteroatoms. The number of β-amino-alcohol motifs (C(OH)–C–C–N with tert-alkyl or cyclic N) is 1. The van der Waals surface area contributed by atoms with E-state index in [9.17, 15) is 5.11 Å². The summed E-state index contributed by atoms with van der Waals surface area (Å²) in [6.07, 6.45) is 0.825. The Bertz CT molecular complexity index is 195. The zero-order chi connectivity index (χ0) is 9.19. The molecule has 0 aromatic carbocycles. The Morgan fingerprint density at radius 2 is 2.42 bits per heavy atom. The van der Waals surface area contributed by atoms with Crippen LogP contribution in [0.15, 0.2) is 0 Å². The third kappa shape index (κ3) is 2.47. The van der Waals surface area contributed by atoms with Crippen LogP contribution in [0.25, 0.3) is 0 Å². The summed E-state index contributed by atoms with van der Waals surface area (Å²) in [5.41, 5.74) is -0.533. The largest absolute Gasteiger partial charge is 0.389 e. The molecule has 1 heterocycles. The first-order valence-corrected chi connectivity index (χ1v) is 4.38. The third-order valence-electron chi connectivity index (χ3n) is 2.28. The standard InChI is InChI=1S/C9H16N2O/c1-8(5-10)6-11-4-3-9(2,12)7-11/h8,12H,3-4,6-7H2,1-2H3. The first-order chi connectivity index (χ1) is 5.53. The van der Waals surface area contributed by atoms with Crippen molar-refractivity contribution in [2.75, 3.05) is 19.6 Å². The Balaban J connectivity index is 2.34. The van der Waals surface area contributed by atoms with Gasteiger partial charge in [-0.2, -0.15) is 5.26 Å². The van der Waals surface area contributed by atoms with Gasteiger partial charge in [0.25, 0.3) is 0 Å². The van der Waals surface area contributed by atoms with Gasteiger partial charge in [-0.25, -0.2) is 0 Å². The molecule has 0 bridgehead atoms. The van der Waals surface area contributed by atoms with Crippen molar-refractivity contribution in [2.45, 2.75) is 25.9 Å². The smallest absolute Gasteiger partial charge is 0.0758 e. The normalized spacial score (nSPS) is 33.2. The molecule has 12 heavy (non-hydrogen) atoms. The lowest BCUT2D eigenvalue weighted by atomic mass is 10.1. The molecular formula is C9H16N2O. The molecule has 1 rings (SSSR count). The predicted molar refractivity (Wildman–Crippen MR) is 46.5 cm³/mol. The number of hydrogen-bond acceptors (Lipinski definition) is 3. The summed E-state index contributed by atoms with van der Waals surface area (Å²) >= 11 is 0. The molecule has 1 saturated heterocycles. The summed E-state index contributed by atoms with van der Waals surface area (Å²) in [5, 5.41) is 18.2. The second kappa shape index (κ2) is 3.42. The molecule has 0 amide bonds. The first-order valence-electron chi connectivity index (χ1n) is 4.38. The average molecular weight is 168 g/mol. The Labute approximate surface area is 73.6 Å². The predicted octanol–water partition coefficient (Wildman–Crippen LogP) is 0.603. The van der Waals surface area contributed by atoms with Crippen molar-refractivity contribution in [2.24, 2.45) is 5.92 Å². The van der Waals surface area contributed by atoms with Crippen LogP contribution in [0.4, 0.5) is 0 Å². The van der Waals surface area contributed by atoms with E-state index < -0.39 is 5.60 Å². The monoisotopic (exact) mass is 168 g/mol. The lowest BCUT2D eigenvalue weighted by Crippen LogP contribution is -2.31. The van der Waals surface area contributed by atoms with Gasteiger partial charge in [0, 0.05) is 19.6 Å². The minimum Gasteiger partial charge on any atom is -0.389 e. The number of nitriles is 1. The molecule has 0 saturated carbocycles. The van der Waals surface area contributed by atoms with Gasteiger partial charge in [0.05, 0.1) is 17.6 Å². The lowest BCUT2D eigenvalue weighted by molar-refractivity contribution is 0.0679. The zero-order valence-electron chi connectivity index (χ0n) is 7.75. The van der Waals surface area contributed by atoms with Crippen LogP contribution in [0.1, 0.15) is 20.3 Å². The van der Waals surface area contributed by atoms with E-state index in [2.05, 4.69) is 11.0 Å². The van der Waals surface area contributed by atoms with Crippen molar-refractivity contribution in [3.8, 4) is 6.07 Å². The number of nitrogens with zero attached hydrogens (tertiary/aromatic N) is 2. The average Bonchev–Trinajstić information content (AvgIpc) is 2.30. The second-order valence-electron chi connectivity index (χ2n) is 4.01. The molecule has 0 spiro atoms. The number of hydrogen-bond donors (Lipinski definition) is 1.